The van der Waals surface area contributed by atoms with E-state index in [0.29, 0.717) is 17.1 Å². The Hall–Kier alpha value is -5.00. The molecule has 12 heteroatoms. The van der Waals surface area contributed by atoms with E-state index >= 15 is 0 Å². The van der Waals surface area contributed by atoms with Crippen LogP contribution in [0.5, 0.6) is 0 Å². The second-order valence-corrected chi connectivity index (χ2v) is 14.5. The topological polar surface area (TPSA) is 158 Å². The Bertz CT molecular complexity index is 1790. The van der Waals surface area contributed by atoms with Crippen molar-refractivity contribution in [3.05, 3.63) is 83.9 Å². The number of allylic oxidation sites excluding steroid dienone is 2. The van der Waals surface area contributed by atoms with Crippen LogP contribution in [0.3, 0.4) is 0 Å². The van der Waals surface area contributed by atoms with E-state index in [4.69, 9.17) is 28.4 Å². The number of hydrogen-bond acceptors (Lipinski definition) is 12. The number of hydrogen-bond donors (Lipinski definition) is 0. The lowest BCUT2D eigenvalue weighted by Crippen LogP contribution is -2.44. The molecule has 3 fully saturated rings. The molecule has 0 aliphatic carbocycles. The lowest BCUT2D eigenvalue weighted by Gasteiger charge is -2.34. The van der Waals surface area contributed by atoms with Crippen LogP contribution in [0.2, 0.25) is 0 Å². The number of ketones is 2. The minimum absolute atomic E-state index is 0.0294. The quantitative estimate of drug-likeness (QED) is 0.225. The first-order valence-corrected chi connectivity index (χ1v) is 16.5. The van der Waals surface area contributed by atoms with Crippen molar-refractivity contribution in [2.24, 2.45) is 23.7 Å². The molecular formula is C38H40O12. The van der Waals surface area contributed by atoms with Crippen LogP contribution in [0.1, 0.15) is 53.9 Å². The van der Waals surface area contributed by atoms with E-state index in [-0.39, 0.29) is 53.1 Å². The van der Waals surface area contributed by atoms with Crippen molar-refractivity contribution in [2.45, 2.75) is 89.5 Å². The molecule has 6 rings (SSSR count). The number of carbonyl (C=O) groups is 6. The average molecular weight is 689 g/mol. The highest BCUT2D eigenvalue weighted by Crippen LogP contribution is 2.49. The van der Waals surface area contributed by atoms with Crippen molar-refractivity contribution in [1.29, 1.82) is 0 Å². The molecule has 0 aromatic rings. The van der Waals surface area contributed by atoms with Crippen molar-refractivity contribution in [3.8, 4) is 0 Å². The Morgan fingerprint density at radius 2 is 1.42 bits per heavy atom. The molecular weight excluding hydrogens is 648 g/mol. The Balaban J connectivity index is 1.32. The number of ether oxygens (including phenoxy) is 6. The van der Waals surface area contributed by atoms with Gasteiger partial charge in [-0.25, -0.2) is 19.2 Å². The zero-order chi connectivity index (χ0) is 36.6. The van der Waals surface area contributed by atoms with Crippen molar-refractivity contribution in [3.63, 3.8) is 0 Å². The van der Waals surface area contributed by atoms with E-state index in [9.17, 15) is 28.8 Å². The summed E-state index contributed by atoms with van der Waals surface area (Å²) in [6, 6.07) is 0. The summed E-state index contributed by atoms with van der Waals surface area (Å²) in [7, 11) is 0. The van der Waals surface area contributed by atoms with Crippen LogP contribution < -0.4 is 0 Å². The third-order valence-electron chi connectivity index (χ3n) is 10.7. The van der Waals surface area contributed by atoms with Gasteiger partial charge in [0.2, 0.25) is 11.6 Å². The fourth-order valence-corrected chi connectivity index (χ4v) is 7.69. The summed E-state index contributed by atoms with van der Waals surface area (Å²) in [4.78, 5) is 78.9. The Labute approximate surface area is 289 Å². The Morgan fingerprint density at radius 3 is 2.08 bits per heavy atom. The molecule has 6 heterocycles. The van der Waals surface area contributed by atoms with Crippen LogP contribution >= 0.6 is 0 Å². The Morgan fingerprint density at radius 1 is 0.860 bits per heavy atom. The fourth-order valence-electron chi connectivity index (χ4n) is 7.69. The zero-order valence-electron chi connectivity index (χ0n) is 28.7. The second-order valence-electron chi connectivity index (χ2n) is 14.5. The minimum Gasteiger partial charge on any atom is -0.483 e. The van der Waals surface area contributed by atoms with Crippen LogP contribution in [0.4, 0.5) is 0 Å². The predicted molar refractivity (Wildman–Crippen MR) is 174 cm³/mol. The smallest absolute Gasteiger partial charge is 0.334 e. The average Bonchev–Trinajstić information content (AvgIpc) is 3.71. The molecule has 0 saturated carbocycles. The van der Waals surface area contributed by atoms with Gasteiger partial charge in [0.05, 0.1) is 11.8 Å². The normalized spacial score (nSPS) is 38.4. The summed E-state index contributed by atoms with van der Waals surface area (Å²) in [5.74, 6) is -5.97. The van der Waals surface area contributed by atoms with Gasteiger partial charge in [-0.2, -0.15) is 0 Å². The summed E-state index contributed by atoms with van der Waals surface area (Å²) in [5.41, 5.74) is -2.00. The molecule has 0 aromatic carbocycles. The van der Waals surface area contributed by atoms with Gasteiger partial charge in [-0.3, -0.25) is 9.59 Å². The lowest BCUT2D eigenvalue weighted by atomic mass is 9.73. The number of esters is 4. The third-order valence-corrected chi connectivity index (χ3v) is 10.7. The van der Waals surface area contributed by atoms with Gasteiger partial charge in [-0.1, -0.05) is 33.2 Å². The van der Waals surface area contributed by atoms with Gasteiger partial charge < -0.3 is 28.4 Å². The van der Waals surface area contributed by atoms with Gasteiger partial charge in [0.15, 0.2) is 11.2 Å². The monoisotopic (exact) mass is 688 g/mol. The van der Waals surface area contributed by atoms with E-state index in [2.05, 4.69) is 26.3 Å². The standard InChI is InChI=1S/C38H40O12/c1-16(2)33(41)46-27-15-38(9)29(40)13-24(50-38)19(5)22(32-31(27)21(7)36(44)48-32)10-18(4)34(42)47-26-14-37(8)28(39)12-23(49-37)17(3)11-25-30(26)20(6)35(43)45-25/h11-13,19,22,25-27,30-32H,1,4,6-7,10,14-15H2,2-3,5,8-9H3/b17-11-/t19-,22+,25-,26+,27+,30+,31-,32-,37-,38-/m1/s1. The first-order chi connectivity index (χ1) is 23.3. The van der Waals surface area contributed by atoms with Gasteiger partial charge in [0, 0.05) is 59.1 Å². The van der Waals surface area contributed by atoms with Gasteiger partial charge in [0.1, 0.15) is 35.9 Å². The zero-order valence-corrected chi connectivity index (χ0v) is 28.7. The molecule has 12 nitrogen and oxygen atoms in total. The highest BCUT2D eigenvalue weighted by Gasteiger charge is 2.57. The van der Waals surface area contributed by atoms with Crippen molar-refractivity contribution >= 4 is 35.4 Å². The Kier molecular flexibility index (Phi) is 8.43. The SMILES string of the molecule is C=C(C)C(=O)O[C@H]1C[C@@]2(C)OC(=CC2=O)[C@H](C)[C@H](CC(=C)C(=O)O[C@H]2C[C@@]3(C)OC(=CC3=O)/C(C)=C\[C@H]3OC(=O)C(=C)[C@H]23)[C@H]2OC(=O)C(=C)[C@@H]21. The largest absolute Gasteiger partial charge is 0.483 e. The highest BCUT2D eigenvalue weighted by molar-refractivity contribution is 6.01. The van der Waals surface area contributed by atoms with E-state index in [1.54, 1.807) is 33.8 Å². The van der Waals surface area contributed by atoms with Gasteiger partial charge >= 0.3 is 23.9 Å². The highest BCUT2D eigenvalue weighted by atomic mass is 16.6. The van der Waals surface area contributed by atoms with Crippen LogP contribution in [-0.2, 0) is 57.2 Å². The number of carbonyl (C=O) groups excluding carboxylic acids is 6. The molecule has 4 bridgehead atoms. The lowest BCUT2D eigenvalue weighted by molar-refractivity contribution is -0.154. The van der Waals surface area contributed by atoms with Gasteiger partial charge in [-0.05, 0) is 45.8 Å². The molecule has 6 aliphatic heterocycles. The van der Waals surface area contributed by atoms with Crippen LogP contribution in [0.15, 0.2) is 83.9 Å². The van der Waals surface area contributed by atoms with Crippen LogP contribution in [0.25, 0.3) is 0 Å². The predicted octanol–water partition coefficient (Wildman–Crippen LogP) is 4.02. The molecule has 0 unspecified atom stereocenters. The molecule has 0 radical (unpaired) electrons. The summed E-state index contributed by atoms with van der Waals surface area (Å²) in [6.07, 6.45) is 0.127. The molecule has 6 aliphatic rings. The first kappa shape index (κ1) is 34.8. The minimum atomic E-state index is -1.40. The molecule has 10 atom stereocenters. The summed E-state index contributed by atoms with van der Waals surface area (Å²) >= 11 is 0. The van der Waals surface area contributed by atoms with Crippen LogP contribution in [0, 0.1) is 23.7 Å². The number of fused-ring (bicyclic) bond motifs is 6. The van der Waals surface area contributed by atoms with Crippen LogP contribution in [-0.4, -0.2) is 71.1 Å². The maximum atomic E-state index is 14.0. The van der Waals surface area contributed by atoms with Crippen molar-refractivity contribution < 1.29 is 57.2 Å². The second kappa shape index (κ2) is 12.1. The van der Waals surface area contributed by atoms with Gasteiger partial charge in [0.25, 0.3) is 0 Å². The van der Waals surface area contributed by atoms with Crippen molar-refractivity contribution in [1.82, 2.24) is 0 Å². The number of rotatable bonds is 6. The van der Waals surface area contributed by atoms with E-state index < -0.39 is 83.2 Å². The van der Waals surface area contributed by atoms with E-state index in [0.717, 1.165) is 0 Å². The summed E-state index contributed by atoms with van der Waals surface area (Å²) in [5, 5.41) is 0. The molecule has 0 amide bonds. The summed E-state index contributed by atoms with van der Waals surface area (Å²) < 4.78 is 35.6. The van der Waals surface area contributed by atoms with E-state index in [1.807, 2.05) is 0 Å². The molecule has 264 valence electrons. The third kappa shape index (κ3) is 5.74. The molecule has 0 spiro atoms. The molecule has 50 heavy (non-hydrogen) atoms. The first-order valence-electron chi connectivity index (χ1n) is 16.5. The molecule has 3 saturated heterocycles. The summed E-state index contributed by atoms with van der Waals surface area (Å²) in [6.45, 7) is 23.7. The maximum Gasteiger partial charge on any atom is 0.334 e. The van der Waals surface area contributed by atoms with Gasteiger partial charge in [-0.15, -0.1) is 0 Å². The van der Waals surface area contributed by atoms with Crippen molar-refractivity contribution in [2.75, 3.05) is 0 Å². The molecule has 0 aromatic heterocycles. The maximum absolute atomic E-state index is 14.0. The van der Waals surface area contributed by atoms with E-state index in [1.165, 1.54) is 19.1 Å². The molecule has 0 N–H and O–H groups in total. The fraction of sp³-hybridized carbons (Fsp3) is 0.474.